The van der Waals surface area contributed by atoms with E-state index in [1.807, 2.05) is 0 Å². The van der Waals surface area contributed by atoms with E-state index in [9.17, 15) is 8.78 Å². The summed E-state index contributed by atoms with van der Waals surface area (Å²) in [6, 6.07) is 8.23. The summed E-state index contributed by atoms with van der Waals surface area (Å²) >= 11 is 0. The molecule has 0 aliphatic carbocycles. The molecule has 0 fully saturated rings. The Hall–Kier alpha value is -1.78. The van der Waals surface area contributed by atoms with Crippen molar-refractivity contribution in [2.75, 3.05) is 0 Å². The lowest BCUT2D eigenvalue weighted by Gasteiger charge is -2.00. The predicted molar refractivity (Wildman–Crippen MR) is 41.3 cm³/mol. The van der Waals surface area contributed by atoms with Gasteiger partial charge in [0.05, 0.1) is 5.69 Å². The number of aromatic nitrogens is 3. The van der Waals surface area contributed by atoms with E-state index in [2.05, 4.69) is 10.2 Å². The van der Waals surface area contributed by atoms with Gasteiger partial charge in [-0.3, -0.25) is 0 Å². The molecule has 0 bridgehead atoms. The van der Waals surface area contributed by atoms with Crippen molar-refractivity contribution < 1.29 is 8.78 Å². The summed E-state index contributed by atoms with van der Waals surface area (Å²) in [6.45, 7) is 0. The van der Waals surface area contributed by atoms with Gasteiger partial charge in [0, 0.05) is 0 Å². The zero-order valence-electron chi connectivity index (χ0n) is 6.48. The first-order valence-electron chi connectivity index (χ1n) is 3.61. The van der Waals surface area contributed by atoms with Gasteiger partial charge in [-0.05, 0) is 12.1 Å². The minimum absolute atomic E-state index is 0.363. The van der Waals surface area contributed by atoms with Crippen molar-refractivity contribution in [3.05, 3.63) is 42.5 Å². The summed E-state index contributed by atoms with van der Waals surface area (Å²) in [5, 5.41) is 5.93. The van der Waals surface area contributed by atoms with Gasteiger partial charge in [-0.15, -0.1) is 0 Å². The summed E-state index contributed by atoms with van der Waals surface area (Å²) in [7, 11) is 0. The van der Waals surface area contributed by atoms with Gasteiger partial charge in [0.1, 0.15) is 0 Å². The Bertz CT molecular complexity index is 391. The van der Waals surface area contributed by atoms with Gasteiger partial charge in [0.15, 0.2) is 0 Å². The second kappa shape index (κ2) is 2.93. The van der Waals surface area contributed by atoms with Crippen molar-refractivity contribution >= 4 is 0 Å². The van der Waals surface area contributed by atoms with E-state index >= 15 is 0 Å². The van der Waals surface area contributed by atoms with Crippen molar-refractivity contribution in [1.82, 2.24) is 14.8 Å². The summed E-state index contributed by atoms with van der Waals surface area (Å²) in [4.78, 5) is 0. The van der Waals surface area contributed by atoms with Crippen LogP contribution in [-0.4, -0.2) is 14.8 Å². The average molecular weight is 181 g/mol. The van der Waals surface area contributed by atoms with E-state index in [1.54, 1.807) is 30.3 Å². The molecular formula is C8H5F2N3. The Morgan fingerprint density at radius 2 is 1.46 bits per heavy atom. The van der Waals surface area contributed by atoms with Crippen LogP contribution in [0.5, 0.6) is 0 Å². The zero-order chi connectivity index (χ0) is 9.26. The Balaban J connectivity index is 2.59. The van der Waals surface area contributed by atoms with Gasteiger partial charge in [-0.1, -0.05) is 28.4 Å². The van der Waals surface area contributed by atoms with E-state index in [1.165, 1.54) is 0 Å². The van der Waals surface area contributed by atoms with Gasteiger partial charge in [-0.25, -0.2) is 4.57 Å². The molecule has 0 spiro atoms. The molecule has 1 aromatic carbocycles. The van der Waals surface area contributed by atoms with E-state index in [-0.39, 0.29) is 0 Å². The van der Waals surface area contributed by atoms with Crippen LogP contribution in [0.2, 0.25) is 0 Å². The minimum atomic E-state index is -0.955. The van der Waals surface area contributed by atoms with Gasteiger partial charge in [0.25, 0.3) is 0 Å². The van der Waals surface area contributed by atoms with Crippen LogP contribution in [0.4, 0.5) is 8.78 Å². The molecule has 13 heavy (non-hydrogen) atoms. The number of hydrogen-bond donors (Lipinski definition) is 0. The van der Waals surface area contributed by atoms with E-state index in [0.29, 0.717) is 10.3 Å². The molecule has 1 heterocycles. The SMILES string of the molecule is Fc1nnc(F)n1-c1ccccc1. The summed E-state index contributed by atoms with van der Waals surface area (Å²) in [6.07, 6.45) is -1.91. The molecule has 0 saturated carbocycles. The second-order valence-corrected chi connectivity index (χ2v) is 2.41. The van der Waals surface area contributed by atoms with Crippen LogP contribution in [0.25, 0.3) is 5.69 Å². The van der Waals surface area contributed by atoms with E-state index < -0.39 is 12.2 Å². The average Bonchev–Trinajstić information content (AvgIpc) is 2.48. The Morgan fingerprint density at radius 1 is 0.923 bits per heavy atom. The molecule has 0 N–H and O–H groups in total. The van der Waals surface area contributed by atoms with Crippen LogP contribution in [0.3, 0.4) is 0 Å². The Labute approximate surface area is 72.6 Å². The maximum atomic E-state index is 12.8. The summed E-state index contributed by atoms with van der Waals surface area (Å²) in [5.41, 5.74) is 0.363. The molecule has 1 aromatic heterocycles. The lowest BCUT2D eigenvalue weighted by Crippen LogP contribution is -2.00. The quantitative estimate of drug-likeness (QED) is 0.668. The molecule has 2 rings (SSSR count). The molecule has 3 nitrogen and oxygen atoms in total. The molecule has 0 unspecified atom stereocenters. The Kier molecular flexibility index (Phi) is 1.77. The van der Waals surface area contributed by atoms with Crippen LogP contribution in [0.15, 0.2) is 30.3 Å². The minimum Gasteiger partial charge on any atom is -0.227 e. The molecule has 0 aliphatic heterocycles. The molecule has 0 atom stereocenters. The number of rotatable bonds is 1. The van der Waals surface area contributed by atoms with Crippen LogP contribution in [-0.2, 0) is 0 Å². The molecular weight excluding hydrogens is 176 g/mol. The number of nitrogens with zero attached hydrogens (tertiary/aromatic N) is 3. The highest BCUT2D eigenvalue weighted by Crippen LogP contribution is 2.10. The third-order valence-corrected chi connectivity index (χ3v) is 1.60. The van der Waals surface area contributed by atoms with Crippen LogP contribution in [0, 0.1) is 12.2 Å². The molecule has 5 heteroatoms. The highest BCUT2D eigenvalue weighted by Gasteiger charge is 2.11. The molecule has 66 valence electrons. The van der Waals surface area contributed by atoms with Crippen molar-refractivity contribution in [1.29, 1.82) is 0 Å². The van der Waals surface area contributed by atoms with Crippen molar-refractivity contribution in [2.45, 2.75) is 0 Å². The first-order valence-corrected chi connectivity index (χ1v) is 3.61. The van der Waals surface area contributed by atoms with Gasteiger partial charge in [-0.2, -0.15) is 8.78 Å². The third kappa shape index (κ3) is 1.28. The number of para-hydroxylation sites is 1. The van der Waals surface area contributed by atoms with E-state index in [4.69, 9.17) is 0 Å². The normalized spacial score (nSPS) is 10.3. The summed E-state index contributed by atoms with van der Waals surface area (Å²) < 4.78 is 26.4. The standard InChI is InChI=1S/C8H5F2N3/c9-7-11-12-8(10)13(7)6-4-2-1-3-5-6/h1-5H. The first-order chi connectivity index (χ1) is 6.29. The topological polar surface area (TPSA) is 30.7 Å². The Morgan fingerprint density at radius 3 is 2.00 bits per heavy atom. The van der Waals surface area contributed by atoms with Crippen molar-refractivity contribution in [3.8, 4) is 5.69 Å². The lowest BCUT2D eigenvalue weighted by atomic mass is 10.3. The largest absolute Gasteiger partial charge is 0.316 e. The fourth-order valence-corrected chi connectivity index (χ4v) is 1.04. The maximum Gasteiger partial charge on any atom is 0.316 e. The van der Waals surface area contributed by atoms with Gasteiger partial charge < -0.3 is 0 Å². The van der Waals surface area contributed by atoms with Gasteiger partial charge in [0.2, 0.25) is 0 Å². The fourth-order valence-electron chi connectivity index (χ4n) is 1.04. The van der Waals surface area contributed by atoms with Gasteiger partial charge >= 0.3 is 12.2 Å². The zero-order valence-corrected chi connectivity index (χ0v) is 6.48. The van der Waals surface area contributed by atoms with Crippen LogP contribution >= 0.6 is 0 Å². The van der Waals surface area contributed by atoms with Crippen molar-refractivity contribution in [3.63, 3.8) is 0 Å². The molecule has 0 amide bonds. The maximum absolute atomic E-state index is 12.8. The van der Waals surface area contributed by atoms with Crippen molar-refractivity contribution in [2.24, 2.45) is 0 Å². The number of benzene rings is 1. The highest BCUT2D eigenvalue weighted by atomic mass is 19.1. The van der Waals surface area contributed by atoms with E-state index in [0.717, 1.165) is 0 Å². The molecule has 2 aromatic rings. The highest BCUT2D eigenvalue weighted by molar-refractivity contribution is 5.30. The molecule has 0 aliphatic rings. The molecule has 0 radical (unpaired) electrons. The second-order valence-electron chi connectivity index (χ2n) is 2.41. The first kappa shape index (κ1) is 7.85. The van der Waals surface area contributed by atoms with Crippen LogP contribution < -0.4 is 0 Å². The lowest BCUT2D eigenvalue weighted by molar-refractivity contribution is 0.471. The summed E-state index contributed by atoms with van der Waals surface area (Å²) in [5.74, 6) is 0. The fraction of sp³-hybridized carbons (Fsp3) is 0. The number of halogens is 2. The number of hydrogen-bond acceptors (Lipinski definition) is 2. The predicted octanol–water partition coefficient (Wildman–Crippen LogP) is 1.55. The smallest absolute Gasteiger partial charge is 0.227 e. The third-order valence-electron chi connectivity index (χ3n) is 1.60. The van der Waals surface area contributed by atoms with Crippen LogP contribution in [0.1, 0.15) is 0 Å². The monoisotopic (exact) mass is 181 g/mol. The molecule has 0 saturated heterocycles.